The van der Waals surface area contributed by atoms with Gasteiger partial charge in [-0.25, -0.2) is 0 Å². The fourth-order valence-electron chi connectivity index (χ4n) is 6.35. The van der Waals surface area contributed by atoms with E-state index < -0.39 is 6.10 Å². The summed E-state index contributed by atoms with van der Waals surface area (Å²) in [5, 5.41) is 9.62. The Kier molecular flexibility index (Phi) is 45.1. The van der Waals surface area contributed by atoms with Crippen LogP contribution in [0.3, 0.4) is 0 Å². The first-order valence-electron chi connectivity index (χ1n) is 23.0. The second-order valence-corrected chi connectivity index (χ2v) is 15.1. The number of esters is 1. The molecular weight excluding hydrogens is 665 g/mol. The third kappa shape index (κ3) is 44.2. The normalized spacial score (nSPS) is 13.0. The number of carbonyl (C=O) groups is 1. The average Bonchev–Trinajstić information content (AvgIpc) is 3.18. The first-order valence-corrected chi connectivity index (χ1v) is 23.0. The zero-order valence-corrected chi connectivity index (χ0v) is 35.7. The van der Waals surface area contributed by atoms with E-state index in [0.29, 0.717) is 13.0 Å². The number of hydrogen-bond donors (Lipinski definition) is 1. The fourth-order valence-corrected chi connectivity index (χ4v) is 6.35. The zero-order valence-electron chi connectivity index (χ0n) is 35.7. The molecule has 0 saturated heterocycles. The summed E-state index contributed by atoms with van der Waals surface area (Å²) in [4.78, 5) is 12.2. The molecule has 0 bridgehead atoms. The van der Waals surface area contributed by atoms with Gasteiger partial charge >= 0.3 is 5.97 Å². The Morgan fingerprint density at radius 3 is 1.28 bits per heavy atom. The Labute approximate surface area is 336 Å². The van der Waals surface area contributed by atoms with Gasteiger partial charge in [-0.1, -0.05) is 196 Å². The van der Waals surface area contributed by atoms with Crippen LogP contribution in [0, 0.1) is 0 Å². The minimum atomic E-state index is -0.546. The molecule has 4 heteroatoms. The molecule has 1 unspecified atom stereocenters. The fraction of sp³-hybridized carbons (Fsp3) is 0.740. The predicted molar refractivity (Wildman–Crippen MR) is 237 cm³/mol. The van der Waals surface area contributed by atoms with Gasteiger partial charge in [0.15, 0.2) is 0 Å². The van der Waals surface area contributed by atoms with Crippen molar-refractivity contribution in [3.05, 3.63) is 72.9 Å². The van der Waals surface area contributed by atoms with Crippen molar-refractivity contribution >= 4 is 5.97 Å². The molecule has 0 aromatic heterocycles. The molecular formula is C50H88O4. The maximum absolute atomic E-state index is 12.2. The first kappa shape index (κ1) is 51.8. The molecule has 0 heterocycles. The summed E-state index contributed by atoms with van der Waals surface area (Å²) >= 11 is 0. The minimum Gasteiger partial charge on any atom is -0.457 e. The van der Waals surface area contributed by atoms with Crippen molar-refractivity contribution in [1.29, 1.82) is 0 Å². The van der Waals surface area contributed by atoms with Crippen LogP contribution in [0.25, 0.3) is 0 Å². The molecule has 0 saturated carbocycles. The number of hydrogen-bond acceptors (Lipinski definition) is 4. The van der Waals surface area contributed by atoms with Crippen LogP contribution in [-0.4, -0.2) is 37.0 Å². The van der Waals surface area contributed by atoms with Crippen LogP contribution in [0.2, 0.25) is 0 Å². The van der Waals surface area contributed by atoms with Crippen LogP contribution < -0.4 is 0 Å². The lowest BCUT2D eigenvalue weighted by Gasteiger charge is -2.16. The largest absolute Gasteiger partial charge is 0.457 e. The smallest absolute Gasteiger partial charge is 0.306 e. The molecule has 0 aromatic rings. The van der Waals surface area contributed by atoms with Crippen LogP contribution in [-0.2, 0) is 14.3 Å². The summed E-state index contributed by atoms with van der Waals surface area (Å²) in [6, 6.07) is 0. The SMILES string of the molecule is CC/C=C\C/C=C\C/C=C\C/C=C\C/C=C\CCCCCCCCCC(=O)OC(CO)COCCCCCCCCCC/C=C\CCCCCCCCC. The molecule has 0 aliphatic heterocycles. The molecule has 0 fully saturated rings. The Morgan fingerprint density at radius 2 is 0.833 bits per heavy atom. The lowest BCUT2D eigenvalue weighted by atomic mass is 10.1. The van der Waals surface area contributed by atoms with Crippen molar-refractivity contribution in [3.8, 4) is 0 Å². The highest BCUT2D eigenvalue weighted by Crippen LogP contribution is 2.13. The highest BCUT2D eigenvalue weighted by molar-refractivity contribution is 5.69. The van der Waals surface area contributed by atoms with E-state index in [4.69, 9.17) is 9.47 Å². The van der Waals surface area contributed by atoms with Crippen molar-refractivity contribution in [2.75, 3.05) is 19.8 Å². The van der Waals surface area contributed by atoms with Crippen molar-refractivity contribution in [2.24, 2.45) is 0 Å². The number of ether oxygens (including phenoxy) is 2. The standard InChI is InChI=1S/C50H88O4/c1-3-5-7-9-11-13-15-17-19-21-23-24-25-26-27-29-31-33-35-37-39-41-43-45-50(52)54-49(47-51)48-53-46-44-42-40-38-36-34-32-30-28-22-20-18-16-14-12-10-8-6-4-2/h5,7,11,13,17,19-20,22-24,26-27,49,51H,3-4,6,8-10,12,14-16,18,21,25,28-48H2,1-2H3/b7-5-,13-11-,19-17-,22-20-,24-23-,27-26-. The molecule has 1 atom stereocenters. The van der Waals surface area contributed by atoms with Crippen molar-refractivity contribution in [3.63, 3.8) is 0 Å². The second kappa shape index (κ2) is 47.0. The summed E-state index contributed by atoms with van der Waals surface area (Å²) in [7, 11) is 0. The molecule has 1 N–H and O–H groups in total. The number of carbonyl (C=O) groups excluding carboxylic acids is 1. The Balaban J connectivity index is 3.48. The van der Waals surface area contributed by atoms with E-state index in [-0.39, 0.29) is 19.2 Å². The Morgan fingerprint density at radius 1 is 0.463 bits per heavy atom. The molecule has 0 aromatic carbocycles. The van der Waals surface area contributed by atoms with Crippen LogP contribution in [0.5, 0.6) is 0 Å². The molecule has 0 spiro atoms. The van der Waals surface area contributed by atoms with Gasteiger partial charge in [0.05, 0.1) is 13.2 Å². The van der Waals surface area contributed by atoms with Crippen LogP contribution in [0.1, 0.15) is 213 Å². The minimum absolute atomic E-state index is 0.180. The third-order valence-corrected chi connectivity index (χ3v) is 9.77. The van der Waals surface area contributed by atoms with Gasteiger partial charge in [0.25, 0.3) is 0 Å². The monoisotopic (exact) mass is 753 g/mol. The molecule has 4 nitrogen and oxygen atoms in total. The predicted octanol–water partition coefficient (Wildman–Crippen LogP) is 15.4. The maximum atomic E-state index is 12.2. The van der Waals surface area contributed by atoms with Gasteiger partial charge in [-0.05, 0) is 83.5 Å². The van der Waals surface area contributed by atoms with Gasteiger partial charge in [0, 0.05) is 13.0 Å². The van der Waals surface area contributed by atoms with Gasteiger partial charge in [0.1, 0.15) is 6.10 Å². The van der Waals surface area contributed by atoms with Crippen molar-refractivity contribution < 1.29 is 19.4 Å². The highest BCUT2D eigenvalue weighted by Gasteiger charge is 2.13. The molecule has 0 aliphatic rings. The molecule has 0 aliphatic carbocycles. The van der Waals surface area contributed by atoms with Crippen LogP contribution in [0.4, 0.5) is 0 Å². The van der Waals surface area contributed by atoms with E-state index >= 15 is 0 Å². The lowest BCUT2D eigenvalue weighted by Crippen LogP contribution is -2.27. The summed E-state index contributed by atoms with van der Waals surface area (Å²) < 4.78 is 11.2. The molecule has 0 radical (unpaired) electrons. The number of rotatable bonds is 42. The summed E-state index contributed by atoms with van der Waals surface area (Å²) in [6.07, 6.45) is 64.0. The van der Waals surface area contributed by atoms with Crippen molar-refractivity contribution in [2.45, 2.75) is 219 Å². The number of aliphatic hydroxyl groups excluding tert-OH is 1. The van der Waals surface area contributed by atoms with E-state index in [0.717, 1.165) is 57.8 Å². The number of allylic oxidation sites excluding steroid dienone is 12. The zero-order chi connectivity index (χ0) is 39.1. The Bertz CT molecular complexity index is 927. The van der Waals surface area contributed by atoms with E-state index in [9.17, 15) is 9.90 Å². The van der Waals surface area contributed by atoms with Gasteiger partial charge in [-0.15, -0.1) is 0 Å². The highest BCUT2D eigenvalue weighted by atomic mass is 16.6. The Hall–Kier alpha value is -2.17. The molecule has 0 rings (SSSR count). The molecule has 312 valence electrons. The van der Waals surface area contributed by atoms with E-state index in [1.807, 2.05) is 0 Å². The lowest BCUT2D eigenvalue weighted by molar-refractivity contribution is -0.154. The first-order chi connectivity index (χ1) is 26.7. The molecule has 0 amide bonds. The third-order valence-electron chi connectivity index (χ3n) is 9.77. The van der Waals surface area contributed by atoms with Gasteiger partial charge in [0.2, 0.25) is 0 Å². The van der Waals surface area contributed by atoms with E-state index in [1.54, 1.807) is 0 Å². The van der Waals surface area contributed by atoms with Crippen LogP contribution in [0.15, 0.2) is 72.9 Å². The number of aliphatic hydroxyl groups is 1. The summed E-state index contributed by atoms with van der Waals surface area (Å²) in [5.74, 6) is -0.214. The van der Waals surface area contributed by atoms with Crippen LogP contribution >= 0.6 is 0 Å². The summed E-state index contributed by atoms with van der Waals surface area (Å²) in [5.41, 5.74) is 0. The van der Waals surface area contributed by atoms with Gasteiger partial charge in [-0.3, -0.25) is 4.79 Å². The van der Waals surface area contributed by atoms with E-state index in [2.05, 4.69) is 86.8 Å². The maximum Gasteiger partial charge on any atom is 0.306 e. The average molecular weight is 753 g/mol. The van der Waals surface area contributed by atoms with Crippen molar-refractivity contribution in [1.82, 2.24) is 0 Å². The quantitative estimate of drug-likeness (QED) is 0.0383. The van der Waals surface area contributed by atoms with Gasteiger partial charge in [-0.2, -0.15) is 0 Å². The summed E-state index contributed by atoms with van der Waals surface area (Å²) in [6.45, 7) is 5.22. The van der Waals surface area contributed by atoms with E-state index in [1.165, 1.54) is 135 Å². The topological polar surface area (TPSA) is 55.8 Å². The number of unbranched alkanes of at least 4 members (excludes halogenated alkanes) is 22. The second-order valence-electron chi connectivity index (χ2n) is 15.1. The molecule has 54 heavy (non-hydrogen) atoms. The van der Waals surface area contributed by atoms with Gasteiger partial charge < -0.3 is 14.6 Å².